The zero-order valence-electron chi connectivity index (χ0n) is 17.0. The van der Waals surface area contributed by atoms with E-state index >= 15 is 0 Å². The first-order chi connectivity index (χ1) is 13.8. The van der Waals surface area contributed by atoms with Gasteiger partial charge in [-0.1, -0.05) is 37.3 Å². The second kappa shape index (κ2) is 9.07. The molecule has 1 N–H and O–H groups in total. The first-order valence-electron chi connectivity index (χ1n) is 9.86. The molecule has 0 aliphatic carbocycles. The molecule has 2 aromatic carbocycles. The van der Waals surface area contributed by atoms with E-state index in [2.05, 4.69) is 5.32 Å². The topological polar surface area (TPSA) is 75.7 Å². The van der Waals surface area contributed by atoms with Crippen molar-refractivity contribution in [1.82, 2.24) is 4.31 Å². The van der Waals surface area contributed by atoms with E-state index < -0.39 is 10.0 Å². The van der Waals surface area contributed by atoms with Gasteiger partial charge in [-0.05, 0) is 49.6 Å². The number of hydrogen-bond donors (Lipinski definition) is 1. The highest BCUT2D eigenvalue weighted by atomic mass is 32.2. The van der Waals surface area contributed by atoms with Gasteiger partial charge in [-0.25, -0.2) is 8.42 Å². The molecule has 3 unspecified atom stereocenters. The van der Waals surface area contributed by atoms with Crippen LogP contribution in [0.25, 0.3) is 0 Å². The highest BCUT2D eigenvalue weighted by Gasteiger charge is 2.32. The van der Waals surface area contributed by atoms with Crippen LogP contribution < -0.4 is 5.32 Å². The maximum Gasteiger partial charge on any atom is 0.243 e. The number of nitrogens with one attached hydrogen (secondary N) is 1. The van der Waals surface area contributed by atoms with Crippen LogP contribution in [0.4, 0.5) is 5.69 Å². The van der Waals surface area contributed by atoms with Gasteiger partial charge in [0.05, 0.1) is 17.1 Å². The van der Waals surface area contributed by atoms with E-state index in [0.717, 1.165) is 5.56 Å². The van der Waals surface area contributed by atoms with E-state index in [1.54, 1.807) is 12.1 Å². The summed E-state index contributed by atoms with van der Waals surface area (Å²) < 4.78 is 32.9. The average Bonchev–Trinajstić information content (AvgIpc) is 2.68. The predicted octanol–water partition coefficient (Wildman–Crippen LogP) is 3.62. The van der Waals surface area contributed by atoms with Gasteiger partial charge in [0, 0.05) is 25.2 Å². The number of rotatable bonds is 6. The van der Waals surface area contributed by atoms with E-state index in [0.29, 0.717) is 25.2 Å². The lowest BCUT2D eigenvalue weighted by Gasteiger charge is -2.34. The lowest BCUT2D eigenvalue weighted by Crippen LogP contribution is -2.48. The summed E-state index contributed by atoms with van der Waals surface area (Å²) in [5.41, 5.74) is 1.69. The second-order valence-electron chi connectivity index (χ2n) is 7.67. The number of nitrogens with zero attached hydrogens (tertiary/aromatic N) is 1. The minimum absolute atomic E-state index is 0.0983. The zero-order valence-corrected chi connectivity index (χ0v) is 17.9. The lowest BCUT2D eigenvalue weighted by atomic mass is 9.97. The van der Waals surface area contributed by atoms with Crippen LogP contribution in [0.5, 0.6) is 0 Å². The monoisotopic (exact) mass is 416 g/mol. The van der Waals surface area contributed by atoms with E-state index in [-0.39, 0.29) is 28.9 Å². The molecule has 1 saturated heterocycles. The lowest BCUT2D eigenvalue weighted by molar-refractivity contribution is -0.116. The van der Waals surface area contributed by atoms with Crippen LogP contribution in [0.15, 0.2) is 59.5 Å². The Morgan fingerprint density at radius 2 is 1.66 bits per heavy atom. The maximum absolute atomic E-state index is 12.9. The van der Waals surface area contributed by atoms with Crippen LogP contribution in [0, 0.1) is 0 Å². The molecule has 3 rings (SSSR count). The quantitative estimate of drug-likeness (QED) is 0.780. The number of hydrogen-bond acceptors (Lipinski definition) is 4. The molecule has 29 heavy (non-hydrogen) atoms. The Kier molecular flexibility index (Phi) is 6.72. The molecule has 0 aromatic heterocycles. The van der Waals surface area contributed by atoms with Crippen LogP contribution >= 0.6 is 0 Å². The summed E-state index contributed by atoms with van der Waals surface area (Å²) in [5, 5.41) is 2.85. The van der Waals surface area contributed by atoms with Crippen molar-refractivity contribution in [2.75, 3.05) is 18.4 Å². The number of amides is 1. The smallest absolute Gasteiger partial charge is 0.243 e. The highest BCUT2D eigenvalue weighted by molar-refractivity contribution is 7.89. The Labute approximate surface area is 172 Å². The summed E-state index contributed by atoms with van der Waals surface area (Å²) in [6.07, 6.45) is 0.0746. The van der Waals surface area contributed by atoms with Crippen LogP contribution in [0.2, 0.25) is 0 Å². The Bertz CT molecular complexity index is 919. The molecule has 7 heteroatoms. The molecule has 1 aliphatic rings. The molecule has 0 spiro atoms. The molecule has 1 heterocycles. The molecule has 0 radical (unpaired) electrons. The van der Waals surface area contributed by atoms with Crippen molar-refractivity contribution in [3.63, 3.8) is 0 Å². The highest BCUT2D eigenvalue weighted by Crippen LogP contribution is 2.23. The summed E-state index contributed by atoms with van der Waals surface area (Å²) in [5.74, 6) is -0.00561. The molecule has 3 atom stereocenters. The number of anilines is 1. The van der Waals surface area contributed by atoms with Crippen molar-refractivity contribution in [2.45, 2.75) is 50.2 Å². The van der Waals surface area contributed by atoms with Crippen molar-refractivity contribution < 1.29 is 17.9 Å². The summed E-state index contributed by atoms with van der Waals surface area (Å²) >= 11 is 0. The van der Waals surface area contributed by atoms with Gasteiger partial charge >= 0.3 is 0 Å². The zero-order chi connectivity index (χ0) is 21.0. The van der Waals surface area contributed by atoms with Gasteiger partial charge in [0.15, 0.2) is 0 Å². The standard InChI is InChI=1S/C22H28N2O4S/c1-16(19-7-5-4-6-8-19)13-22(25)23-20-9-11-21(12-10-20)29(26,27)24-14-17(2)28-18(3)15-24/h4-12,16-18H,13-15H2,1-3H3,(H,23,25). The summed E-state index contributed by atoms with van der Waals surface area (Å²) in [7, 11) is -3.59. The Morgan fingerprint density at radius 1 is 1.07 bits per heavy atom. The Morgan fingerprint density at radius 3 is 2.24 bits per heavy atom. The van der Waals surface area contributed by atoms with E-state index in [1.165, 1.54) is 16.4 Å². The average molecular weight is 417 g/mol. The largest absolute Gasteiger partial charge is 0.373 e. The van der Waals surface area contributed by atoms with Gasteiger partial charge in [-0.15, -0.1) is 0 Å². The third-order valence-electron chi connectivity index (χ3n) is 5.02. The molecule has 1 fully saturated rings. The van der Waals surface area contributed by atoms with Crippen LogP contribution in [-0.2, 0) is 19.6 Å². The van der Waals surface area contributed by atoms with Gasteiger partial charge in [0.2, 0.25) is 15.9 Å². The third kappa shape index (κ3) is 5.44. The van der Waals surface area contributed by atoms with Crippen molar-refractivity contribution in [1.29, 1.82) is 0 Å². The van der Waals surface area contributed by atoms with Gasteiger partial charge in [-0.2, -0.15) is 4.31 Å². The fourth-order valence-electron chi connectivity index (χ4n) is 3.58. The van der Waals surface area contributed by atoms with Gasteiger partial charge in [0.25, 0.3) is 0 Å². The number of carbonyl (C=O) groups is 1. The Hall–Kier alpha value is -2.22. The minimum atomic E-state index is -3.59. The molecule has 1 aliphatic heterocycles. The summed E-state index contributed by atoms with van der Waals surface area (Å²) in [6.45, 7) is 6.42. The van der Waals surface area contributed by atoms with Crippen LogP contribution in [0.3, 0.4) is 0 Å². The van der Waals surface area contributed by atoms with Crippen molar-refractivity contribution in [3.8, 4) is 0 Å². The van der Waals surface area contributed by atoms with Crippen molar-refractivity contribution in [3.05, 3.63) is 60.2 Å². The first kappa shape index (κ1) is 21.5. The summed E-state index contributed by atoms with van der Waals surface area (Å²) in [4.78, 5) is 12.6. The molecule has 6 nitrogen and oxygen atoms in total. The van der Waals surface area contributed by atoms with Gasteiger partial charge in [0.1, 0.15) is 0 Å². The molecule has 156 valence electrons. The van der Waals surface area contributed by atoms with Gasteiger partial charge < -0.3 is 10.1 Å². The normalized spacial score (nSPS) is 21.5. The van der Waals surface area contributed by atoms with Gasteiger partial charge in [-0.3, -0.25) is 4.79 Å². The molecule has 2 aromatic rings. The van der Waals surface area contributed by atoms with E-state index in [4.69, 9.17) is 4.74 Å². The maximum atomic E-state index is 12.9. The molecule has 0 bridgehead atoms. The molecular weight excluding hydrogens is 388 g/mol. The van der Waals surface area contributed by atoms with Crippen LogP contribution in [0.1, 0.15) is 38.7 Å². The second-order valence-corrected chi connectivity index (χ2v) is 9.61. The number of morpholine rings is 1. The van der Waals surface area contributed by atoms with E-state index in [1.807, 2.05) is 51.1 Å². The number of carbonyl (C=O) groups excluding carboxylic acids is 1. The number of sulfonamides is 1. The fourth-order valence-corrected chi connectivity index (χ4v) is 5.17. The number of ether oxygens (including phenoxy) is 1. The molecular formula is C22H28N2O4S. The van der Waals surface area contributed by atoms with E-state index in [9.17, 15) is 13.2 Å². The number of benzene rings is 2. The minimum Gasteiger partial charge on any atom is -0.373 e. The Balaban J connectivity index is 1.63. The molecule has 0 saturated carbocycles. The predicted molar refractivity (Wildman–Crippen MR) is 113 cm³/mol. The molecule has 1 amide bonds. The first-order valence-corrected chi connectivity index (χ1v) is 11.3. The van der Waals surface area contributed by atoms with Crippen molar-refractivity contribution in [2.24, 2.45) is 0 Å². The van der Waals surface area contributed by atoms with Crippen molar-refractivity contribution >= 4 is 21.6 Å². The fraction of sp³-hybridized carbons (Fsp3) is 0.409. The SMILES string of the molecule is CC1CN(S(=O)(=O)c2ccc(NC(=O)CC(C)c3ccccc3)cc2)CC(C)O1. The van der Waals surface area contributed by atoms with Crippen LogP contribution in [-0.4, -0.2) is 43.9 Å². The third-order valence-corrected chi connectivity index (χ3v) is 6.87. The summed E-state index contributed by atoms with van der Waals surface area (Å²) in [6, 6.07) is 16.2.